The highest BCUT2D eigenvalue weighted by Gasteiger charge is 2.38. The molecule has 1 aromatic heterocycles. The van der Waals surface area contributed by atoms with Gasteiger partial charge in [-0.05, 0) is 47.5 Å². The topological polar surface area (TPSA) is 63.9 Å². The Morgan fingerprint density at radius 2 is 1.92 bits per heavy atom. The van der Waals surface area contributed by atoms with E-state index in [9.17, 15) is 4.79 Å². The molecule has 1 saturated heterocycles. The zero-order valence-corrected chi connectivity index (χ0v) is 14.4. The maximum atomic E-state index is 12.9. The van der Waals surface area contributed by atoms with Gasteiger partial charge in [-0.3, -0.25) is 4.79 Å². The number of carbonyl (C=O) groups excluding carboxylic acids is 1. The van der Waals surface area contributed by atoms with Gasteiger partial charge < -0.3 is 4.90 Å². The first-order valence-corrected chi connectivity index (χ1v) is 9.51. The largest absolute Gasteiger partial charge is 0.336 e. The molecule has 2 aromatic rings. The van der Waals surface area contributed by atoms with E-state index in [1.165, 1.54) is 32.1 Å². The van der Waals surface area contributed by atoms with Gasteiger partial charge >= 0.3 is 0 Å². The molecule has 0 unspecified atom stereocenters. The van der Waals surface area contributed by atoms with Crippen molar-refractivity contribution >= 4 is 17.7 Å². The third kappa shape index (κ3) is 3.05. The van der Waals surface area contributed by atoms with E-state index < -0.39 is 0 Å². The van der Waals surface area contributed by atoms with E-state index in [2.05, 4.69) is 27.3 Å². The fourth-order valence-corrected chi connectivity index (χ4v) is 5.30. The third-order valence-electron chi connectivity index (χ3n) is 5.03. The summed E-state index contributed by atoms with van der Waals surface area (Å²) in [5.41, 5.74) is 1.60. The normalized spacial score (nSPS) is 20.2. The molecular formula is C17H21N5OS. The molecule has 1 aliphatic carbocycles. The van der Waals surface area contributed by atoms with E-state index in [0.29, 0.717) is 4.75 Å². The Bertz CT molecular complexity index is 689. The summed E-state index contributed by atoms with van der Waals surface area (Å²) in [7, 11) is 0. The van der Waals surface area contributed by atoms with Crippen molar-refractivity contribution in [1.82, 2.24) is 25.1 Å². The number of aromatic nitrogens is 4. The summed E-state index contributed by atoms with van der Waals surface area (Å²) in [5.74, 6) is 1.19. The molecule has 6 nitrogen and oxygen atoms in total. The Hall–Kier alpha value is -1.89. The Morgan fingerprint density at radius 3 is 2.62 bits per heavy atom. The highest BCUT2D eigenvalue weighted by atomic mass is 32.2. The lowest BCUT2D eigenvalue weighted by molar-refractivity contribution is 0.0730. The molecular weight excluding hydrogens is 322 g/mol. The van der Waals surface area contributed by atoms with Crippen LogP contribution in [0.5, 0.6) is 0 Å². The first-order chi connectivity index (χ1) is 11.8. The average Bonchev–Trinajstić information content (AvgIpc) is 3.17. The van der Waals surface area contributed by atoms with Crippen molar-refractivity contribution in [2.75, 3.05) is 18.8 Å². The van der Waals surface area contributed by atoms with E-state index in [-0.39, 0.29) is 5.91 Å². The lowest BCUT2D eigenvalue weighted by Crippen LogP contribution is -2.49. The van der Waals surface area contributed by atoms with E-state index in [1.54, 1.807) is 11.0 Å². The predicted octanol–water partition coefficient (Wildman–Crippen LogP) is 2.55. The van der Waals surface area contributed by atoms with Gasteiger partial charge in [0.15, 0.2) is 0 Å². The monoisotopic (exact) mass is 343 g/mol. The zero-order chi connectivity index (χ0) is 16.4. The molecule has 1 saturated carbocycles. The van der Waals surface area contributed by atoms with E-state index in [1.807, 2.05) is 29.2 Å². The van der Waals surface area contributed by atoms with Gasteiger partial charge in [0, 0.05) is 29.2 Å². The molecule has 0 N–H and O–H groups in total. The lowest BCUT2D eigenvalue weighted by Gasteiger charge is -2.44. The second-order valence-corrected chi connectivity index (χ2v) is 8.18. The molecule has 1 spiro atoms. The first kappa shape index (κ1) is 15.6. The molecule has 4 rings (SSSR count). The summed E-state index contributed by atoms with van der Waals surface area (Å²) in [5, 5.41) is 11.1. The van der Waals surface area contributed by atoms with Crippen molar-refractivity contribution in [2.24, 2.45) is 0 Å². The molecule has 1 amide bonds. The molecule has 0 radical (unpaired) electrons. The second-order valence-electron chi connectivity index (χ2n) is 6.62. The highest BCUT2D eigenvalue weighted by molar-refractivity contribution is 8.00. The number of carbonyl (C=O) groups is 1. The number of thioether (sulfide) groups is 1. The number of hydrogen-bond acceptors (Lipinski definition) is 5. The number of rotatable bonds is 2. The van der Waals surface area contributed by atoms with Gasteiger partial charge in [-0.1, -0.05) is 19.3 Å². The maximum Gasteiger partial charge on any atom is 0.253 e. The van der Waals surface area contributed by atoms with Crippen LogP contribution in [0.2, 0.25) is 0 Å². The van der Waals surface area contributed by atoms with E-state index in [0.717, 1.165) is 30.1 Å². The van der Waals surface area contributed by atoms with Crippen LogP contribution >= 0.6 is 11.8 Å². The van der Waals surface area contributed by atoms with Gasteiger partial charge in [-0.25, -0.2) is 4.68 Å². The second kappa shape index (κ2) is 6.55. The van der Waals surface area contributed by atoms with Crippen molar-refractivity contribution in [3.05, 3.63) is 36.2 Å². The zero-order valence-electron chi connectivity index (χ0n) is 13.6. The molecule has 0 atom stereocenters. The molecule has 7 heteroatoms. The molecule has 126 valence electrons. The third-order valence-corrected chi connectivity index (χ3v) is 6.56. The minimum absolute atomic E-state index is 0.142. The molecule has 2 aliphatic rings. The SMILES string of the molecule is O=C(c1ccc(-n2cnnn2)cc1)N1CCSC2(CCCCC2)C1. The Kier molecular flexibility index (Phi) is 4.26. The van der Waals surface area contributed by atoms with Crippen LogP contribution in [-0.4, -0.2) is 54.6 Å². The van der Waals surface area contributed by atoms with Crippen LogP contribution in [0.1, 0.15) is 42.5 Å². The molecule has 0 bridgehead atoms. The van der Waals surface area contributed by atoms with Gasteiger partial charge in [-0.15, -0.1) is 5.10 Å². The first-order valence-electron chi connectivity index (χ1n) is 8.53. The molecule has 1 aliphatic heterocycles. The summed E-state index contributed by atoms with van der Waals surface area (Å²) in [6, 6.07) is 7.51. The van der Waals surface area contributed by atoms with Crippen molar-refractivity contribution in [1.29, 1.82) is 0 Å². The van der Waals surface area contributed by atoms with Crippen LogP contribution in [0.3, 0.4) is 0 Å². The lowest BCUT2D eigenvalue weighted by atomic mass is 9.87. The van der Waals surface area contributed by atoms with Gasteiger partial charge in [-0.2, -0.15) is 11.8 Å². The van der Waals surface area contributed by atoms with Crippen molar-refractivity contribution in [3.63, 3.8) is 0 Å². The standard InChI is InChI=1S/C17H21N5OS/c23-16(14-4-6-15(7-5-14)22-13-18-19-20-22)21-10-11-24-17(12-21)8-2-1-3-9-17/h4-7,13H,1-3,8-12H2. The average molecular weight is 343 g/mol. The van der Waals surface area contributed by atoms with Gasteiger partial charge in [0.1, 0.15) is 6.33 Å². The maximum absolute atomic E-state index is 12.9. The van der Waals surface area contributed by atoms with Gasteiger partial charge in [0.25, 0.3) is 5.91 Å². The van der Waals surface area contributed by atoms with Crippen LogP contribution < -0.4 is 0 Å². The van der Waals surface area contributed by atoms with Crippen LogP contribution in [0.15, 0.2) is 30.6 Å². The minimum Gasteiger partial charge on any atom is -0.336 e. The minimum atomic E-state index is 0.142. The number of tetrazole rings is 1. The summed E-state index contributed by atoms with van der Waals surface area (Å²) in [4.78, 5) is 14.9. The van der Waals surface area contributed by atoms with Crippen molar-refractivity contribution in [3.8, 4) is 5.69 Å². The Balaban J connectivity index is 1.48. The summed E-state index contributed by atoms with van der Waals surface area (Å²) in [6.45, 7) is 1.74. The highest BCUT2D eigenvalue weighted by Crippen LogP contribution is 2.42. The molecule has 2 fully saturated rings. The molecule has 1 aromatic carbocycles. The summed E-state index contributed by atoms with van der Waals surface area (Å²) >= 11 is 2.08. The molecule has 2 heterocycles. The van der Waals surface area contributed by atoms with Crippen LogP contribution in [0.25, 0.3) is 5.69 Å². The number of benzene rings is 1. The fraction of sp³-hybridized carbons (Fsp3) is 0.529. The smallest absolute Gasteiger partial charge is 0.253 e. The Morgan fingerprint density at radius 1 is 1.12 bits per heavy atom. The Labute approximate surface area is 145 Å². The number of amides is 1. The van der Waals surface area contributed by atoms with Gasteiger partial charge in [0.2, 0.25) is 0 Å². The number of hydrogen-bond donors (Lipinski definition) is 0. The van der Waals surface area contributed by atoms with Crippen LogP contribution in [0.4, 0.5) is 0 Å². The van der Waals surface area contributed by atoms with Gasteiger partial charge in [0.05, 0.1) is 5.69 Å². The quantitative estimate of drug-likeness (QED) is 0.838. The van der Waals surface area contributed by atoms with Crippen LogP contribution in [-0.2, 0) is 0 Å². The van der Waals surface area contributed by atoms with Crippen molar-refractivity contribution in [2.45, 2.75) is 36.9 Å². The summed E-state index contributed by atoms with van der Waals surface area (Å²) < 4.78 is 1.89. The molecule has 24 heavy (non-hydrogen) atoms. The van der Waals surface area contributed by atoms with Crippen molar-refractivity contribution < 1.29 is 4.79 Å². The number of nitrogens with zero attached hydrogens (tertiary/aromatic N) is 5. The van der Waals surface area contributed by atoms with E-state index >= 15 is 0 Å². The fourth-order valence-electron chi connectivity index (χ4n) is 3.74. The van der Waals surface area contributed by atoms with E-state index in [4.69, 9.17) is 0 Å². The summed E-state index contributed by atoms with van der Waals surface area (Å²) in [6.07, 6.45) is 7.99. The predicted molar refractivity (Wildman–Crippen MR) is 93.3 cm³/mol. The van der Waals surface area contributed by atoms with Crippen LogP contribution in [0, 0.1) is 0 Å².